The lowest BCUT2D eigenvalue weighted by Crippen LogP contribution is -2.31. The molecule has 20 heavy (non-hydrogen) atoms. The molecule has 0 bridgehead atoms. The molecule has 0 aromatic carbocycles. The fourth-order valence-electron chi connectivity index (χ4n) is 2.13. The molecule has 1 rings (SSSR count). The van der Waals surface area contributed by atoms with Crippen molar-refractivity contribution in [3.63, 3.8) is 0 Å². The van der Waals surface area contributed by atoms with E-state index in [1.807, 2.05) is 11.8 Å². The molecule has 0 fully saturated rings. The van der Waals surface area contributed by atoms with Crippen LogP contribution in [0, 0.1) is 0 Å². The zero-order valence-electron chi connectivity index (χ0n) is 11.7. The molecular formula is C13H20Cl2N2O3. The molecule has 1 aliphatic heterocycles. The molecule has 0 amide bonds. The molecule has 1 aliphatic rings. The molecule has 0 aromatic heterocycles. The van der Waals surface area contributed by atoms with Gasteiger partial charge in [0.1, 0.15) is 5.17 Å². The quantitative estimate of drug-likeness (QED) is 0.704. The minimum atomic E-state index is -0.0380. The Hall–Kier alpha value is -0.750. The summed E-state index contributed by atoms with van der Waals surface area (Å²) in [4.78, 5) is 5.93. The molecule has 0 aromatic rings. The number of nitrogens with zero attached hydrogens (tertiary/aromatic N) is 2. The van der Waals surface area contributed by atoms with Gasteiger partial charge >= 0.3 is 0 Å². The first kappa shape index (κ1) is 17.3. The van der Waals surface area contributed by atoms with Crippen LogP contribution in [0.15, 0.2) is 27.2 Å². The number of allylic oxidation sites excluding steroid dienone is 1. The van der Waals surface area contributed by atoms with Crippen molar-refractivity contribution in [2.75, 3.05) is 33.4 Å². The van der Waals surface area contributed by atoms with Crippen LogP contribution in [0.4, 0.5) is 0 Å². The predicted octanol–water partition coefficient (Wildman–Crippen LogP) is 2.03. The minimum Gasteiger partial charge on any atom is -0.491 e. The van der Waals surface area contributed by atoms with E-state index < -0.39 is 0 Å². The van der Waals surface area contributed by atoms with Gasteiger partial charge in [-0.05, 0) is 12.0 Å². The number of hydrogen-bond acceptors (Lipinski definition) is 5. The van der Waals surface area contributed by atoms with Crippen molar-refractivity contribution in [1.82, 2.24) is 4.90 Å². The summed E-state index contributed by atoms with van der Waals surface area (Å²) in [5, 5.41) is 19.0. The zero-order chi connectivity index (χ0) is 15.1. The summed E-state index contributed by atoms with van der Waals surface area (Å²) in [6.07, 6.45) is 1.22. The molecule has 0 radical (unpaired) electrons. The van der Waals surface area contributed by atoms with Crippen molar-refractivity contribution in [1.29, 1.82) is 0 Å². The van der Waals surface area contributed by atoms with Gasteiger partial charge in [-0.25, -0.2) is 4.99 Å². The van der Waals surface area contributed by atoms with Gasteiger partial charge < -0.3 is 19.8 Å². The number of methoxy groups -OCH3 is 1. The Morgan fingerprint density at radius 2 is 1.85 bits per heavy atom. The smallest absolute Gasteiger partial charge is 0.179 e. The van der Waals surface area contributed by atoms with Crippen molar-refractivity contribution >= 4 is 28.4 Å². The normalized spacial score (nSPS) is 16.2. The third-order valence-electron chi connectivity index (χ3n) is 3.00. The summed E-state index contributed by atoms with van der Waals surface area (Å²) in [6.45, 7) is 2.66. The lowest BCUT2D eigenvalue weighted by Gasteiger charge is -2.29. The number of aliphatic imine (C=N–C) groups is 1. The summed E-state index contributed by atoms with van der Waals surface area (Å²) < 4.78 is 5.37. The predicted molar refractivity (Wildman–Crippen MR) is 80.9 cm³/mol. The molecule has 0 aliphatic carbocycles. The second kappa shape index (κ2) is 8.52. The van der Waals surface area contributed by atoms with E-state index >= 15 is 0 Å². The van der Waals surface area contributed by atoms with E-state index in [1.54, 1.807) is 0 Å². The highest BCUT2D eigenvalue weighted by atomic mass is 35.5. The van der Waals surface area contributed by atoms with Gasteiger partial charge in [-0.15, -0.1) is 0 Å². The molecule has 0 atom stereocenters. The van der Waals surface area contributed by atoms with Crippen LogP contribution < -0.4 is 0 Å². The first-order valence-electron chi connectivity index (χ1n) is 6.44. The average Bonchev–Trinajstić information content (AvgIpc) is 2.53. The van der Waals surface area contributed by atoms with Crippen molar-refractivity contribution in [3.05, 3.63) is 22.2 Å². The zero-order valence-corrected chi connectivity index (χ0v) is 13.2. The van der Waals surface area contributed by atoms with Crippen LogP contribution in [0.1, 0.15) is 19.8 Å². The van der Waals surface area contributed by atoms with E-state index in [1.165, 1.54) is 7.11 Å². The standard InChI is InChI=1S/C13H20Cl2N2O3/c1-3-9-8-10(14)16-13(15)12(20-2)11(9)17(4-6-18)5-7-19/h18-19H,3-8H2,1-2H3. The third-order valence-corrected chi connectivity index (χ3v) is 3.48. The summed E-state index contributed by atoms with van der Waals surface area (Å²) in [5.41, 5.74) is 1.76. The summed E-state index contributed by atoms with van der Waals surface area (Å²) >= 11 is 12.2. The molecule has 0 spiro atoms. The minimum absolute atomic E-state index is 0.0380. The molecule has 7 heteroatoms. The van der Waals surface area contributed by atoms with Crippen LogP contribution in [-0.4, -0.2) is 53.7 Å². The molecule has 1 heterocycles. The number of halogens is 2. The highest BCUT2D eigenvalue weighted by molar-refractivity contribution is 6.66. The maximum Gasteiger partial charge on any atom is 0.179 e. The van der Waals surface area contributed by atoms with E-state index in [9.17, 15) is 10.2 Å². The first-order valence-corrected chi connectivity index (χ1v) is 7.20. The fourth-order valence-corrected chi connectivity index (χ4v) is 2.69. The maximum atomic E-state index is 9.21. The highest BCUT2D eigenvalue weighted by Gasteiger charge is 2.24. The van der Waals surface area contributed by atoms with Crippen molar-refractivity contribution in [2.45, 2.75) is 19.8 Å². The largest absolute Gasteiger partial charge is 0.491 e. The number of aliphatic hydroxyl groups is 2. The summed E-state index contributed by atoms with van der Waals surface area (Å²) in [7, 11) is 1.51. The molecule has 0 saturated heterocycles. The second-order valence-corrected chi connectivity index (χ2v) is 5.02. The lowest BCUT2D eigenvalue weighted by atomic mass is 10.1. The molecule has 0 saturated carbocycles. The Bertz CT molecular complexity index is 427. The SMILES string of the molecule is CCC1=C(N(CCO)CCO)C(OC)=C(Cl)N=C(Cl)C1. The summed E-state index contributed by atoms with van der Waals surface area (Å²) in [6, 6.07) is 0. The van der Waals surface area contributed by atoms with Crippen LogP contribution in [0.3, 0.4) is 0 Å². The van der Waals surface area contributed by atoms with Crippen LogP contribution in [0.2, 0.25) is 0 Å². The topological polar surface area (TPSA) is 65.3 Å². The highest BCUT2D eigenvalue weighted by Crippen LogP contribution is 2.32. The van der Waals surface area contributed by atoms with Crippen molar-refractivity contribution < 1.29 is 14.9 Å². The Labute approximate surface area is 129 Å². The lowest BCUT2D eigenvalue weighted by molar-refractivity contribution is 0.175. The number of aliphatic hydroxyl groups excluding tert-OH is 2. The van der Waals surface area contributed by atoms with Crippen LogP contribution in [0.25, 0.3) is 0 Å². The van der Waals surface area contributed by atoms with Crippen molar-refractivity contribution in [2.24, 2.45) is 4.99 Å². The van der Waals surface area contributed by atoms with Gasteiger partial charge in [0.2, 0.25) is 0 Å². The van der Waals surface area contributed by atoms with Gasteiger partial charge in [-0.2, -0.15) is 0 Å². The van der Waals surface area contributed by atoms with Crippen LogP contribution >= 0.6 is 23.2 Å². The maximum absolute atomic E-state index is 9.21. The Kier molecular flexibility index (Phi) is 7.37. The van der Waals surface area contributed by atoms with Crippen LogP contribution in [0.5, 0.6) is 0 Å². The van der Waals surface area contributed by atoms with Gasteiger partial charge in [-0.1, -0.05) is 30.1 Å². The molecule has 2 N–H and O–H groups in total. The third kappa shape index (κ3) is 4.12. The first-order chi connectivity index (χ1) is 9.58. The molecular weight excluding hydrogens is 303 g/mol. The van der Waals surface area contributed by atoms with E-state index in [-0.39, 0.29) is 18.4 Å². The van der Waals surface area contributed by atoms with Gasteiger partial charge in [0.05, 0.1) is 26.0 Å². The number of rotatable bonds is 7. The molecule has 5 nitrogen and oxygen atoms in total. The fraction of sp³-hybridized carbons (Fsp3) is 0.615. The average molecular weight is 323 g/mol. The Morgan fingerprint density at radius 1 is 1.25 bits per heavy atom. The monoisotopic (exact) mass is 322 g/mol. The van der Waals surface area contributed by atoms with E-state index in [2.05, 4.69) is 4.99 Å². The van der Waals surface area contributed by atoms with Gasteiger partial charge in [0.25, 0.3) is 0 Å². The van der Waals surface area contributed by atoms with Crippen LogP contribution in [-0.2, 0) is 4.74 Å². The summed E-state index contributed by atoms with van der Waals surface area (Å²) in [5.74, 6) is 0.418. The van der Waals surface area contributed by atoms with Gasteiger partial charge in [-0.3, -0.25) is 0 Å². The number of ether oxygens (including phenoxy) is 1. The van der Waals surface area contributed by atoms with E-state index in [0.29, 0.717) is 30.4 Å². The van der Waals surface area contributed by atoms with Gasteiger partial charge in [0.15, 0.2) is 10.9 Å². The van der Waals surface area contributed by atoms with E-state index in [4.69, 9.17) is 27.9 Å². The Morgan fingerprint density at radius 3 is 2.30 bits per heavy atom. The Balaban J connectivity index is 3.34. The number of hydrogen-bond donors (Lipinski definition) is 2. The molecule has 114 valence electrons. The van der Waals surface area contributed by atoms with Gasteiger partial charge in [0, 0.05) is 19.5 Å². The second-order valence-electron chi connectivity index (χ2n) is 4.23. The van der Waals surface area contributed by atoms with Crippen molar-refractivity contribution in [3.8, 4) is 0 Å². The molecule has 0 unspecified atom stereocenters. The van der Waals surface area contributed by atoms with E-state index in [0.717, 1.165) is 17.7 Å².